The molecular weight excluding hydrogens is 229 g/mol. The van der Waals surface area contributed by atoms with Gasteiger partial charge in [-0.15, -0.1) is 46.3 Å². The second kappa shape index (κ2) is 6.54. The summed E-state index contributed by atoms with van der Waals surface area (Å²) in [5.41, 5.74) is 1.81. The van der Waals surface area contributed by atoms with E-state index in [9.17, 15) is 0 Å². The predicted octanol–water partition coefficient (Wildman–Crippen LogP) is 1.85. The molecule has 1 aliphatic heterocycles. The highest BCUT2D eigenvalue weighted by atomic mass is 35.5. The zero-order valence-corrected chi connectivity index (χ0v) is 9.55. The minimum absolute atomic E-state index is 0. The van der Waals surface area contributed by atoms with Crippen molar-refractivity contribution < 1.29 is 0 Å². The molecular formula is C7H13Cl2N3S. The molecule has 0 aromatic carbocycles. The molecule has 3 nitrogen and oxygen atoms in total. The van der Waals surface area contributed by atoms with Gasteiger partial charge in [0.15, 0.2) is 0 Å². The molecule has 1 fully saturated rings. The van der Waals surface area contributed by atoms with Crippen LogP contribution in [0.4, 0.5) is 0 Å². The number of piperidine rings is 1. The summed E-state index contributed by atoms with van der Waals surface area (Å²) < 4.78 is 0. The third-order valence-corrected chi connectivity index (χ3v) is 2.88. The molecule has 1 unspecified atom stereocenters. The van der Waals surface area contributed by atoms with Gasteiger partial charge in [0.1, 0.15) is 10.5 Å². The van der Waals surface area contributed by atoms with Crippen molar-refractivity contribution in [3.05, 3.63) is 10.5 Å². The van der Waals surface area contributed by atoms with Gasteiger partial charge in [-0.2, -0.15) is 0 Å². The van der Waals surface area contributed by atoms with Gasteiger partial charge in [0.2, 0.25) is 0 Å². The van der Waals surface area contributed by atoms with Crippen LogP contribution in [-0.4, -0.2) is 23.3 Å². The van der Waals surface area contributed by atoms with Crippen molar-refractivity contribution in [2.24, 2.45) is 0 Å². The van der Waals surface area contributed by atoms with E-state index in [-0.39, 0.29) is 24.8 Å². The molecule has 76 valence electrons. The lowest BCUT2D eigenvalue weighted by atomic mass is 10.0. The standard InChI is InChI=1S/C7H11N3S.2ClH/c1-2-6(4-8-3-1)7-10-9-5-11-7;;/h5-6,8H,1-4H2;2*1H. The van der Waals surface area contributed by atoms with E-state index < -0.39 is 0 Å². The molecule has 0 radical (unpaired) electrons. The average molecular weight is 242 g/mol. The van der Waals surface area contributed by atoms with Crippen molar-refractivity contribution >= 4 is 36.2 Å². The largest absolute Gasteiger partial charge is 0.316 e. The highest BCUT2D eigenvalue weighted by molar-refractivity contribution is 7.09. The van der Waals surface area contributed by atoms with Crippen LogP contribution in [0.5, 0.6) is 0 Å². The smallest absolute Gasteiger partial charge is 0.121 e. The van der Waals surface area contributed by atoms with E-state index in [1.165, 1.54) is 17.8 Å². The molecule has 2 heterocycles. The molecule has 0 amide bonds. The first-order chi connectivity index (χ1) is 5.47. The van der Waals surface area contributed by atoms with Crippen LogP contribution in [0, 0.1) is 0 Å². The van der Waals surface area contributed by atoms with Crippen molar-refractivity contribution in [1.29, 1.82) is 0 Å². The Bertz CT molecular complexity index is 212. The predicted molar refractivity (Wildman–Crippen MR) is 59.2 cm³/mol. The van der Waals surface area contributed by atoms with Gasteiger partial charge in [-0.3, -0.25) is 0 Å². The molecule has 0 bridgehead atoms. The molecule has 0 saturated carbocycles. The van der Waals surface area contributed by atoms with Crippen LogP contribution >= 0.6 is 36.2 Å². The summed E-state index contributed by atoms with van der Waals surface area (Å²) >= 11 is 1.67. The first-order valence-corrected chi connectivity index (χ1v) is 4.81. The maximum absolute atomic E-state index is 4.07. The van der Waals surface area contributed by atoms with E-state index >= 15 is 0 Å². The van der Waals surface area contributed by atoms with E-state index in [0.717, 1.165) is 13.1 Å². The number of aromatic nitrogens is 2. The van der Waals surface area contributed by atoms with E-state index in [2.05, 4.69) is 15.5 Å². The maximum Gasteiger partial charge on any atom is 0.121 e. The number of rotatable bonds is 1. The van der Waals surface area contributed by atoms with Crippen molar-refractivity contribution in [3.63, 3.8) is 0 Å². The molecule has 0 spiro atoms. The van der Waals surface area contributed by atoms with E-state index in [4.69, 9.17) is 0 Å². The number of nitrogens with zero attached hydrogens (tertiary/aromatic N) is 2. The first-order valence-electron chi connectivity index (χ1n) is 3.93. The van der Waals surface area contributed by atoms with E-state index in [1.807, 2.05) is 5.51 Å². The fraction of sp³-hybridized carbons (Fsp3) is 0.714. The van der Waals surface area contributed by atoms with Gasteiger partial charge >= 0.3 is 0 Å². The Labute approximate surface area is 94.2 Å². The van der Waals surface area contributed by atoms with Crippen LogP contribution < -0.4 is 5.32 Å². The summed E-state index contributed by atoms with van der Waals surface area (Å²) in [7, 11) is 0. The van der Waals surface area contributed by atoms with Gasteiger partial charge in [0.25, 0.3) is 0 Å². The second-order valence-electron chi connectivity index (χ2n) is 2.82. The topological polar surface area (TPSA) is 37.8 Å². The van der Waals surface area contributed by atoms with Gasteiger partial charge < -0.3 is 5.32 Å². The Morgan fingerprint density at radius 2 is 2.31 bits per heavy atom. The Kier molecular flexibility index (Phi) is 6.59. The maximum atomic E-state index is 4.07. The number of nitrogens with one attached hydrogen (secondary N) is 1. The molecule has 2 rings (SSSR count). The number of hydrogen-bond donors (Lipinski definition) is 1. The molecule has 6 heteroatoms. The second-order valence-corrected chi connectivity index (χ2v) is 3.69. The monoisotopic (exact) mass is 241 g/mol. The molecule has 0 aliphatic carbocycles. The van der Waals surface area contributed by atoms with Gasteiger partial charge in [-0.05, 0) is 19.4 Å². The lowest BCUT2D eigenvalue weighted by molar-refractivity contribution is 0.458. The van der Waals surface area contributed by atoms with Crippen molar-refractivity contribution in [1.82, 2.24) is 15.5 Å². The highest BCUT2D eigenvalue weighted by Crippen LogP contribution is 2.23. The summed E-state index contributed by atoms with van der Waals surface area (Å²) in [5, 5.41) is 12.5. The molecule has 1 aromatic heterocycles. The Hall–Kier alpha value is 0.1000. The lowest BCUT2D eigenvalue weighted by Crippen LogP contribution is -2.28. The fourth-order valence-corrected chi connectivity index (χ4v) is 2.11. The number of hydrogen-bond acceptors (Lipinski definition) is 4. The molecule has 1 aliphatic rings. The number of halogens is 2. The van der Waals surface area contributed by atoms with Crippen molar-refractivity contribution in [3.8, 4) is 0 Å². The normalized spacial score (nSPS) is 21.4. The summed E-state index contributed by atoms with van der Waals surface area (Å²) in [6.45, 7) is 2.24. The molecule has 1 atom stereocenters. The molecule has 13 heavy (non-hydrogen) atoms. The molecule has 1 aromatic rings. The highest BCUT2D eigenvalue weighted by Gasteiger charge is 2.17. The summed E-state index contributed by atoms with van der Waals surface area (Å²) in [5.74, 6) is 0.622. The fourth-order valence-electron chi connectivity index (χ4n) is 1.42. The van der Waals surface area contributed by atoms with Gasteiger partial charge in [-0.1, -0.05) is 0 Å². The lowest BCUT2D eigenvalue weighted by Gasteiger charge is -2.19. The Morgan fingerprint density at radius 1 is 1.46 bits per heavy atom. The summed E-state index contributed by atoms with van der Waals surface area (Å²) in [6.07, 6.45) is 2.53. The Morgan fingerprint density at radius 3 is 2.85 bits per heavy atom. The quantitative estimate of drug-likeness (QED) is 0.816. The van der Waals surface area contributed by atoms with Crippen molar-refractivity contribution in [2.75, 3.05) is 13.1 Å². The SMILES string of the molecule is Cl.Cl.c1nnc(C2CCCNC2)s1. The van der Waals surface area contributed by atoms with Crippen LogP contribution in [0.15, 0.2) is 5.51 Å². The zero-order valence-electron chi connectivity index (χ0n) is 7.10. The molecule has 1 N–H and O–H groups in total. The van der Waals surface area contributed by atoms with Crippen LogP contribution in [0.3, 0.4) is 0 Å². The minimum Gasteiger partial charge on any atom is -0.316 e. The van der Waals surface area contributed by atoms with Gasteiger partial charge in [0.05, 0.1) is 0 Å². The Balaban J connectivity index is 0.000000720. The molecule has 1 saturated heterocycles. The van der Waals surface area contributed by atoms with Gasteiger partial charge in [0, 0.05) is 12.5 Å². The summed E-state index contributed by atoms with van der Waals surface area (Å²) in [6, 6.07) is 0. The van der Waals surface area contributed by atoms with Crippen LogP contribution in [0.25, 0.3) is 0 Å². The van der Waals surface area contributed by atoms with Crippen LogP contribution in [0.1, 0.15) is 23.8 Å². The van der Waals surface area contributed by atoms with Gasteiger partial charge in [-0.25, -0.2) is 0 Å². The van der Waals surface area contributed by atoms with E-state index in [1.54, 1.807) is 11.3 Å². The van der Waals surface area contributed by atoms with Crippen LogP contribution in [-0.2, 0) is 0 Å². The van der Waals surface area contributed by atoms with Crippen LogP contribution in [0.2, 0.25) is 0 Å². The van der Waals surface area contributed by atoms with Crippen molar-refractivity contribution in [2.45, 2.75) is 18.8 Å². The average Bonchev–Trinajstić information content (AvgIpc) is 2.58. The first kappa shape index (κ1) is 13.1. The van der Waals surface area contributed by atoms with E-state index in [0.29, 0.717) is 5.92 Å². The third-order valence-electron chi connectivity index (χ3n) is 2.02. The zero-order chi connectivity index (χ0) is 7.52. The summed E-state index contributed by atoms with van der Waals surface area (Å²) in [4.78, 5) is 0. The third kappa shape index (κ3) is 3.38. The minimum atomic E-state index is 0.